The third-order valence-electron chi connectivity index (χ3n) is 6.38. The Bertz CT molecular complexity index is 585. The van der Waals surface area contributed by atoms with E-state index >= 15 is 0 Å². The molecular weight excluding hydrogens is 491 g/mol. The Morgan fingerprint density at radius 3 is 0.957 bits per heavy atom. The maximum atomic E-state index is 2.43. The Morgan fingerprint density at radius 1 is 0.522 bits per heavy atom. The van der Waals surface area contributed by atoms with Gasteiger partial charge in [0.05, 0.1) is 0 Å². The molecule has 0 aromatic heterocycles. The predicted molar refractivity (Wildman–Crippen MR) is 89.7 cm³/mol. The van der Waals surface area contributed by atoms with E-state index in [0.717, 1.165) is 0 Å². The van der Waals surface area contributed by atoms with Crippen LogP contribution in [0, 0.1) is 10.8 Å². The first-order chi connectivity index (χ1) is 9.44. The van der Waals surface area contributed by atoms with Gasteiger partial charge < -0.3 is 34.0 Å². The molecule has 0 amide bonds. The van der Waals surface area contributed by atoms with E-state index in [1.165, 1.54) is 0 Å². The molecular formula is C20H30Br2Zr. The van der Waals surface area contributed by atoms with Gasteiger partial charge >= 0.3 is 143 Å². The number of hydrogen-bond donors (Lipinski definition) is 0. The van der Waals surface area contributed by atoms with Gasteiger partial charge in [-0.25, -0.2) is 0 Å². The Balaban J connectivity index is 0.00000242. The van der Waals surface area contributed by atoms with Crippen LogP contribution in [0.4, 0.5) is 0 Å². The van der Waals surface area contributed by atoms with E-state index in [4.69, 9.17) is 0 Å². The second kappa shape index (κ2) is 7.59. The molecule has 0 nitrogen and oxygen atoms in total. The average molecular weight is 521 g/mol. The molecule has 0 N–H and O–H groups in total. The van der Waals surface area contributed by atoms with Gasteiger partial charge in [-0.15, -0.1) is 0 Å². The summed E-state index contributed by atoms with van der Waals surface area (Å²) < 4.78 is 3.59. The molecule has 0 aliphatic heterocycles. The van der Waals surface area contributed by atoms with Crippen molar-refractivity contribution in [3.05, 3.63) is 40.0 Å². The summed E-state index contributed by atoms with van der Waals surface area (Å²) in [6.45, 7) is 23.7. The van der Waals surface area contributed by atoms with E-state index in [2.05, 4.69) is 69.2 Å². The van der Waals surface area contributed by atoms with Crippen molar-refractivity contribution < 1.29 is 57.2 Å². The standard InChI is InChI=1S/2C10H15.2BrH.Zr/c2*1-7-6-10(4,5)9(3)8(7)2;;;/h2*1-5H3;2*1H;/q;;;;+2/p-2. The minimum absolute atomic E-state index is 0. The van der Waals surface area contributed by atoms with Crippen LogP contribution in [0.25, 0.3) is 0 Å². The minimum atomic E-state index is -0.730. The molecule has 128 valence electrons. The second-order valence-electron chi connectivity index (χ2n) is 7.88. The molecule has 0 saturated heterocycles. The summed E-state index contributed by atoms with van der Waals surface area (Å²) >= 11 is -0.730. The van der Waals surface area contributed by atoms with Crippen LogP contribution >= 0.6 is 0 Å². The van der Waals surface area contributed by atoms with Crippen LogP contribution in [0.5, 0.6) is 0 Å². The zero-order valence-corrected chi connectivity index (χ0v) is 21.9. The van der Waals surface area contributed by atoms with Crippen molar-refractivity contribution in [2.24, 2.45) is 10.8 Å². The summed E-state index contributed by atoms with van der Waals surface area (Å²) in [6, 6.07) is 0. The van der Waals surface area contributed by atoms with Crippen molar-refractivity contribution in [2.45, 2.75) is 69.2 Å². The molecule has 2 aliphatic carbocycles. The Labute approximate surface area is 176 Å². The van der Waals surface area contributed by atoms with Crippen molar-refractivity contribution in [3.63, 3.8) is 0 Å². The smallest absolute Gasteiger partial charge is 1.00 e. The summed E-state index contributed by atoms with van der Waals surface area (Å²) in [6.07, 6.45) is 0. The molecule has 0 aromatic rings. The average Bonchev–Trinajstić information content (AvgIpc) is 2.63. The van der Waals surface area contributed by atoms with Gasteiger partial charge in [0, 0.05) is 0 Å². The monoisotopic (exact) mass is 518 g/mol. The summed E-state index contributed by atoms with van der Waals surface area (Å²) in [7, 11) is 0. The molecule has 23 heavy (non-hydrogen) atoms. The molecule has 0 atom stereocenters. The first-order valence-corrected chi connectivity index (χ1v) is 10.5. The van der Waals surface area contributed by atoms with Gasteiger partial charge in [0.15, 0.2) is 0 Å². The molecule has 0 spiro atoms. The second-order valence-corrected chi connectivity index (χ2v) is 10.9. The molecule has 3 heteroatoms. The first kappa shape index (κ1) is 23.8. The van der Waals surface area contributed by atoms with Crippen molar-refractivity contribution in [1.82, 2.24) is 0 Å². The van der Waals surface area contributed by atoms with E-state index in [0.29, 0.717) is 0 Å². The first-order valence-electron chi connectivity index (χ1n) is 8.00. The molecule has 0 aromatic carbocycles. The summed E-state index contributed by atoms with van der Waals surface area (Å²) in [5, 5.41) is 0. The number of hydrogen-bond acceptors (Lipinski definition) is 0. The molecule has 0 unspecified atom stereocenters. The molecule has 2 aliphatic rings. The molecule has 0 radical (unpaired) electrons. The fraction of sp³-hybridized carbons (Fsp3) is 0.600. The van der Waals surface area contributed by atoms with E-state index < -0.39 is 23.2 Å². The third-order valence-corrected chi connectivity index (χ3v) is 12.5. The Kier molecular flexibility index (Phi) is 7.85. The Hall–Kier alpha value is 0.803. The maximum absolute atomic E-state index is 2.43. The third kappa shape index (κ3) is 3.54. The van der Waals surface area contributed by atoms with Gasteiger partial charge in [0.25, 0.3) is 0 Å². The van der Waals surface area contributed by atoms with Crippen molar-refractivity contribution >= 4 is 0 Å². The van der Waals surface area contributed by atoms with Crippen molar-refractivity contribution in [1.29, 1.82) is 0 Å². The Morgan fingerprint density at radius 2 is 0.783 bits per heavy atom. The minimum Gasteiger partial charge on any atom is -1.00 e. The maximum Gasteiger partial charge on any atom is -1.00 e. The van der Waals surface area contributed by atoms with Gasteiger partial charge in [-0.05, 0) is 0 Å². The van der Waals surface area contributed by atoms with Crippen LogP contribution in [-0.2, 0) is 23.2 Å². The number of halogens is 2. The normalized spacial score (nSPS) is 22.3. The van der Waals surface area contributed by atoms with Gasteiger partial charge in [-0.3, -0.25) is 0 Å². The molecule has 0 fully saturated rings. The summed E-state index contributed by atoms with van der Waals surface area (Å²) in [5.41, 5.74) is 10.0. The number of rotatable bonds is 2. The van der Waals surface area contributed by atoms with Gasteiger partial charge in [-0.1, -0.05) is 0 Å². The van der Waals surface area contributed by atoms with Gasteiger partial charge in [-0.2, -0.15) is 0 Å². The largest absolute Gasteiger partial charge is 1.00 e. The van der Waals surface area contributed by atoms with Crippen LogP contribution in [0.15, 0.2) is 40.0 Å². The molecule has 2 rings (SSSR count). The molecule has 0 bridgehead atoms. The topological polar surface area (TPSA) is 0 Å². The SMILES string of the molecule is CC1=C(C)C(C)(C)[C]([Zr+2][C]2=C(C)C(C)=C(C)C2(C)C)=C1C.[Br-].[Br-]. The number of allylic oxidation sites excluding steroid dienone is 8. The zero-order chi connectivity index (χ0) is 16.3. The van der Waals surface area contributed by atoms with Crippen LogP contribution in [0.1, 0.15) is 69.2 Å². The van der Waals surface area contributed by atoms with Crippen molar-refractivity contribution in [2.75, 3.05) is 0 Å². The summed E-state index contributed by atoms with van der Waals surface area (Å²) in [4.78, 5) is 0. The van der Waals surface area contributed by atoms with Crippen LogP contribution < -0.4 is 34.0 Å². The quantitative estimate of drug-likeness (QED) is 0.493. The van der Waals surface area contributed by atoms with E-state index in [1.54, 1.807) is 40.0 Å². The fourth-order valence-corrected chi connectivity index (χ4v) is 8.73. The fourth-order valence-electron chi connectivity index (χ4n) is 3.81. The van der Waals surface area contributed by atoms with Crippen LogP contribution in [0.2, 0.25) is 0 Å². The molecule has 0 saturated carbocycles. The van der Waals surface area contributed by atoms with E-state index in [9.17, 15) is 0 Å². The van der Waals surface area contributed by atoms with Gasteiger partial charge in [0.2, 0.25) is 0 Å². The van der Waals surface area contributed by atoms with E-state index in [-0.39, 0.29) is 44.8 Å². The van der Waals surface area contributed by atoms with Crippen molar-refractivity contribution in [3.8, 4) is 0 Å². The predicted octanol–water partition coefficient (Wildman–Crippen LogP) is 0.377. The summed E-state index contributed by atoms with van der Waals surface area (Å²) in [5.74, 6) is 0. The van der Waals surface area contributed by atoms with Crippen LogP contribution in [-0.4, -0.2) is 0 Å². The zero-order valence-electron chi connectivity index (χ0n) is 16.3. The van der Waals surface area contributed by atoms with Gasteiger partial charge in [0.1, 0.15) is 0 Å². The van der Waals surface area contributed by atoms with E-state index in [1.807, 2.05) is 0 Å². The molecule has 0 heterocycles. The van der Waals surface area contributed by atoms with Crippen LogP contribution in [0.3, 0.4) is 0 Å².